The van der Waals surface area contributed by atoms with Gasteiger partial charge in [-0.1, -0.05) is 25.2 Å². The van der Waals surface area contributed by atoms with Crippen LogP contribution in [0.2, 0.25) is 0 Å². The van der Waals surface area contributed by atoms with Crippen molar-refractivity contribution < 1.29 is 4.79 Å². The first kappa shape index (κ1) is 17.4. The lowest BCUT2D eigenvalue weighted by atomic mass is 10.1. The Morgan fingerprint density at radius 2 is 2.16 bits per heavy atom. The van der Waals surface area contributed by atoms with E-state index in [4.69, 9.17) is 12.2 Å². The van der Waals surface area contributed by atoms with Crippen molar-refractivity contribution in [3.63, 3.8) is 0 Å². The Morgan fingerprint density at radius 1 is 1.40 bits per heavy atom. The molecule has 2 N–H and O–H groups in total. The van der Waals surface area contributed by atoms with Gasteiger partial charge in [0.15, 0.2) is 4.77 Å². The van der Waals surface area contributed by atoms with E-state index in [0.29, 0.717) is 32.3 Å². The Labute approximate surface area is 152 Å². The molecule has 1 amide bonds. The van der Waals surface area contributed by atoms with Gasteiger partial charge in [-0.05, 0) is 36.3 Å². The summed E-state index contributed by atoms with van der Waals surface area (Å²) >= 11 is 6.47. The molecular weight excluding hydrogens is 358 g/mol. The standard InChI is InChI=1S/C16H17N5O2S2/c1-8(2)6-12-19-20-15(25-12)18-13(22)9-4-5-10-11(7-9)17-16(24)21(3)14(10)23/h4-5,7-8H,6H2,1-3H3,(H,17,24)(H,18,20,22). The Hall–Kier alpha value is -2.39. The van der Waals surface area contributed by atoms with Crippen molar-refractivity contribution in [1.82, 2.24) is 19.7 Å². The van der Waals surface area contributed by atoms with Gasteiger partial charge in [-0.25, -0.2) is 0 Å². The van der Waals surface area contributed by atoms with E-state index in [-0.39, 0.29) is 11.5 Å². The summed E-state index contributed by atoms with van der Waals surface area (Å²) in [4.78, 5) is 27.6. The minimum Gasteiger partial charge on any atom is -0.332 e. The van der Waals surface area contributed by atoms with Crippen molar-refractivity contribution in [3.8, 4) is 0 Å². The molecule has 3 aromatic rings. The highest BCUT2D eigenvalue weighted by molar-refractivity contribution is 7.71. The van der Waals surface area contributed by atoms with E-state index >= 15 is 0 Å². The van der Waals surface area contributed by atoms with Crippen molar-refractivity contribution in [2.24, 2.45) is 13.0 Å². The van der Waals surface area contributed by atoms with E-state index in [1.165, 1.54) is 15.9 Å². The lowest BCUT2D eigenvalue weighted by molar-refractivity contribution is 0.102. The molecule has 0 atom stereocenters. The number of rotatable bonds is 4. The predicted molar refractivity (Wildman–Crippen MR) is 101 cm³/mol. The van der Waals surface area contributed by atoms with Gasteiger partial charge in [-0.15, -0.1) is 10.2 Å². The Morgan fingerprint density at radius 3 is 2.88 bits per heavy atom. The highest BCUT2D eigenvalue weighted by Gasteiger charge is 2.13. The second-order valence-electron chi connectivity index (χ2n) is 6.11. The number of aromatic amines is 1. The van der Waals surface area contributed by atoms with Crippen LogP contribution in [0.5, 0.6) is 0 Å². The zero-order chi connectivity index (χ0) is 18.1. The molecule has 3 rings (SSSR count). The molecule has 0 spiro atoms. The number of hydrogen-bond acceptors (Lipinski definition) is 6. The molecule has 0 unspecified atom stereocenters. The molecule has 0 saturated carbocycles. The number of nitrogens with zero attached hydrogens (tertiary/aromatic N) is 3. The van der Waals surface area contributed by atoms with Crippen LogP contribution in [0.4, 0.5) is 5.13 Å². The Bertz CT molecular complexity index is 1060. The van der Waals surface area contributed by atoms with Crippen LogP contribution >= 0.6 is 23.6 Å². The lowest BCUT2D eigenvalue weighted by Gasteiger charge is -2.05. The fourth-order valence-corrected chi connectivity index (χ4v) is 3.49. The molecule has 0 saturated heterocycles. The van der Waals surface area contributed by atoms with Crippen LogP contribution in [0.25, 0.3) is 10.9 Å². The van der Waals surface area contributed by atoms with E-state index in [2.05, 4.69) is 34.3 Å². The molecule has 0 aliphatic rings. The molecule has 2 heterocycles. The van der Waals surface area contributed by atoms with Crippen molar-refractivity contribution in [2.45, 2.75) is 20.3 Å². The number of aromatic nitrogens is 4. The van der Waals surface area contributed by atoms with E-state index in [0.717, 1.165) is 11.4 Å². The first-order chi connectivity index (χ1) is 11.8. The second-order valence-corrected chi connectivity index (χ2v) is 7.56. The number of H-pyrrole nitrogens is 1. The monoisotopic (exact) mass is 375 g/mol. The summed E-state index contributed by atoms with van der Waals surface area (Å²) in [5.41, 5.74) is 0.735. The summed E-state index contributed by atoms with van der Waals surface area (Å²) in [6, 6.07) is 4.83. The van der Waals surface area contributed by atoms with Gasteiger partial charge >= 0.3 is 0 Å². The minimum atomic E-state index is -0.311. The van der Waals surface area contributed by atoms with Crippen LogP contribution in [-0.4, -0.2) is 25.7 Å². The number of fused-ring (bicyclic) bond motifs is 1. The maximum atomic E-state index is 12.4. The van der Waals surface area contributed by atoms with Gasteiger partial charge in [-0.2, -0.15) is 0 Å². The molecule has 25 heavy (non-hydrogen) atoms. The zero-order valence-corrected chi connectivity index (χ0v) is 15.6. The third-order valence-corrected chi connectivity index (χ3v) is 4.87. The molecule has 0 bridgehead atoms. The van der Waals surface area contributed by atoms with Crippen LogP contribution in [-0.2, 0) is 13.5 Å². The largest absolute Gasteiger partial charge is 0.332 e. The number of benzene rings is 1. The molecular formula is C16H17N5O2S2. The van der Waals surface area contributed by atoms with Gasteiger partial charge < -0.3 is 4.98 Å². The summed E-state index contributed by atoms with van der Waals surface area (Å²) in [7, 11) is 1.60. The summed E-state index contributed by atoms with van der Waals surface area (Å²) in [6.07, 6.45) is 0.823. The van der Waals surface area contributed by atoms with Crippen molar-refractivity contribution in [1.29, 1.82) is 0 Å². The molecule has 0 fully saturated rings. The smallest absolute Gasteiger partial charge is 0.261 e. The summed E-state index contributed by atoms with van der Waals surface area (Å²) in [5.74, 6) is 0.164. The maximum absolute atomic E-state index is 12.4. The van der Waals surface area contributed by atoms with E-state index in [9.17, 15) is 9.59 Å². The van der Waals surface area contributed by atoms with Gasteiger partial charge in [0.1, 0.15) is 5.01 Å². The van der Waals surface area contributed by atoms with Gasteiger partial charge in [0.25, 0.3) is 11.5 Å². The summed E-state index contributed by atoms with van der Waals surface area (Å²) in [5, 5.41) is 12.6. The number of nitrogens with one attached hydrogen (secondary N) is 2. The number of carbonyl (C=O) groups excluding carboxylic acids is 1. The quantitative estimate of drug-likeness (QED) is 0.684. The first-order valence-corrected chi connectivity index (χ1v) is 8.94. The van der Waals surface area contributed by atoms with Crippen molar-refractivity contribution in [3.05, 3.63) is 43.9 Å². The lowest BCUT2D eigenvalue weighted by Crippen LogP contribution is -2.19. The molecule has 0 aliphatic heterocycles. The van der Waals surface area contributed by atoms with Crippen molar-refractivity contribution in [2.75, 3.05) is 5.32 Å². The molecule has 9 heteroatoms. The topological polar surface area (TPSA) is 92.7 Å². The van der Waals surface area contributed by atoms with Crippen LogP contribution in [0.3, 0.4) is 0 Å². The maximum Gasteiger partial charge on any atom is 0.261 e. The normalized spacial score (nSPS) is 11.2. The van der Waals surface area contributed by atoms with E-state index in [1.807, 2.05) is 0 Å². The average molecular weight is 375 g/mol. The van der Waals surface area contributed by atoms with Gasteiger partial charge in [0, 0.05) is 19.0 Å². The third-order valence-electron chi connectivity index (χ3n) is 3.63. The Kier molecular flexibility index (Phi) is 4.78. The van der Waals surface area contributed by atoms with E-state index in [1.54, 1.807) is 25.2 Å². The summed E-state index contributed by atoms with van der Waals surface area (Å²) < 4.78 is 1.66. The highest BCUT2D eigenvalue weighted by Crippen LogP contribution is 2.19. The predicted octanol–water partition coefficient (Wildman–Crippen LogP) is 2.90. The van der Waals surface area contributed by atoms with Crippen LogP contribution in [0.1, 0.15) is 29.2 Å². The fraction of sp³-hybridized carbons (Fsp3) is 0.312. The number of carbonyl (C=O) groups is 1. The molecule has 7 nitrogen and oxygen atoms in total. The number of amides is 1. The highest BCUT2D eigenvalue weighted by atomic mass is 32.1. The van der Waals surface area contributed by atoms with Gasteiger partial charge in [0.05, 0.1) is 10.9 Å². The fourth-order valence-electron chi connectivity index (χ4n) is 2.35. The number of anilines is 1. The molecule has 0 radical (unpaired) electrons. The van der Waals surface area contributed by atoms with Crippen LogP contribution in [0.15, 0.2) is 23.0 Å². The van der Waals surface area contributed by atoms with Gasteiger partial charge in [0.2, 0.25) is 5.13 Å². The number of hydrogen-bond donors (Lipinski definition) is 2. The first-order valence-electron chi connectivity index (χ1n) is 7.72. The van der Waals surface area contributed by atoms with Crippen molar-refractivity contribution >= 4 is 45.5 Å². The molecule has 130 valence electrons. The third kappa shape index (κ3) is 3.67. The van der Waals surface area contributed by atoms with E-state index < -0.39 is 0 Å². The summed E-state index contributed by atoms with van der Waals surface area (Å²) in [6.45, 7) is 4.20. The molecule has 2 aromatic heterocycles. The van der Waals surface area contributed by atoms with Crippen LogP contribution in [0, 0.1) is 10.7 Å². The SMILES string of the molecule is CC(C)Cc1nnc(NC(=O)c2ccc3c(=O)n(C)c(=S)[nH]c3c2)s1. The minimum absolute atomic E-state index is 0.201. The van der Waals surface area contributed by atoms with Gasteiger partial charge in [-0.3, -0.25) is 19.5 Å². The van der Waals surface area contributed by atoms with Crippen LogP contribution < -0.4 is 10.9 Å². The zero-order valence-electron chi connectivity index (χ0n) is 14.0. The molecule has 1 aromatic carbocycles. The average Bonchev–Trinajstić information content (AvgIpc) is 2.98. The Balaban J connectivity index is 1.87. The second kappa shape index (κ2) is 6.85. The molecule has 0 aliphatic carbocycles.